The average Bonchev–Trinajstić information content (AvgIpc) is 3.30. The monoisotopic (exact) mass is 479 g/mol. The van der Waals surface area contributed by atoms with Gasteiger partial charge in [-0.25, -0.2) is 4.98 Å². The second-order valence-electron chi connectivity index (χ2n) is 11.0. The first-order valence-corrected chi connectivity index (χ1v) is 13.3. The van der Waals surface area contributed by atoms with Gasteiger partial charge in [-0.1, -0.05) is 0 Å². The normalized spacial score (nSPS) is 28.2. The first-order chi connectivity index (χ1) is 17.0. The number of hydrogen-bond acceptors (Lipinski definition) is 7. The number of rotatable bonds is 7. The summed E-state index contributed by atoms with van der Waals surface area (Å²) in [6.45, 7) is 3.46. The third-order valence-electron chi connectivity index (χ3n) is 8.31. The van der Waals surface area contributed by atoms with Crippen LogP contribution in [-0.2, 0) is 9.53 Å². The van der Waals surface area contributed by atoms with Gasteiger partial charge < -0.3 is 19.9 Å². The molecule has 1 aliphatic carbocycles. The number of aromatic amines is 1. The molecule has 4 fully saturated rings. The van der Waals surface area contributed by atoms with Gasteiger partial charge in [0.1, 0.15) is 5.82 Å². The zero-order valence-corrected chi connectivity index (χ0v) is 20.9. The Kier molecular flexibility index (Phi) is 6.12. The van der Waals surface area contributed by atoms with Gasteiger partial charge in [0.2, 0.25) is 11.9 Å². The number of carbonyl (C=O) groups is 1. The van der Waals surface area contributed by atoms with Crippen LogP contribution >= 0.6 is 0 Å². The first-order valence-electron chi connectivity index (χ1n) is 13.3. The molecule has 188 valence electrons. The van der Waals surface area contributed by atoms with Crippen molar-refractivity contribution in [3.63, 3.8) is 0 Å². The van der Waals surface area contributed by atoms with Crippen LogP contribution in [0.4, 0.5) is 17.6 Å². The van der Waals surface area contributed by atoms with Crippen molar-refractivity contribution in [1.29, 1.82) is 0 Å². The summed E-state index contributed by atoms with van der Waals surface area (Å²) in [5.74, 6) is 3.57. The predicted octanol–water partition coefficient (Wildman–Crippen LogP) is 3.90. The quantitative estimate of drug-likeness (QED) is 0.621. The smallest absolute Gasteiger partial charge is 0.227 e. The van der Waals surface area contributed by atoms with Crippen molar-refractivity contribution in [3.8, 4) is 0 Å². The second kappa shape index (κ2) is 9.41. The van der Waals surface area contributed by atoms with Gasteiger partial charge in [0, 0.05) is 61.9 Å². The number of nitrogens with one attached hydrogen (secondary N) is 2. The number of anilines is 3. The molecule has 1 unspecified atom stereocenters. The van der Waals surface area contributed by atoms with E-state index < -0.39 is 0 Å². The first kappa shape index (κ1) is 22.8. The van der Waals surface area contributed by atoms with Crippen molar-refractivity contribution in [2.75, 3.05) is 30.5 Å². The van der Waals surface area contributed by atoms with E-state index in [2.05, 4.69) is 32.4 Å². The van der Waals surface area contributed by atoms with Crippen molar-refractivity contribution in [1.82, 2.24) is 25.1 Å². The molecule has 3 saturated heterocycles. The summed E-state index contributed by atoms with van der Waals surface area (Å²) in [5, 5.41) is 10.7. The lowest BCUT2D eigenvalue weighted by molar-refractivity contribution is -0.141. The van der Waals surface area contributed by atoms with Crippen molar-refractivity contribution in [3.05, 3.63) is 23.5 Å². The number of amides is 1. The van der Waals surface area contributed by atoms with Gasteiger partial charge in [0.15, 0.2) is 5.82 Å². The highest BCUT2D eigenvalue weighted by Crippen LogP contribution is 2.40. The lowest BCUT2D eigenvalue weighted by atomic mass is 9.81. The van der Waals surface area contributed by atoms with Gasteiger partial charge in [-0.3, -0.25) is 9.89 Å². The topological polar surface area (TPSA) is 99.3 Å². The van der Waals surface area contributed by atoms with Gasteiger partial charge >= 0.3 is 0 Å². The number of fused-ring (bicyclic) bond motifs is 2. The van der Waals surface area contributed by atoms with Crippen molar-refractivity contribution in [2.45, 2.75) is 88.8 Å². The minimum atomic E-state index is 0.285. The number of aromatic nitrogens is 4. The predicted molar refractivity (Wildman–Crippen MR) is 134 cm³/mol. The molecular formula is C26H37N7O2. The van der Waals surface area contributed by atoms with Crippen LogP contribution in [0.1, 0.15) is 75.1 Å². The minimum Gasteiger partial charge on any atom is -0.381 e. The maximum absolute atomic E-state index is 13.1. The van der Waals surface area contributed by atoms with E-state index >= 15 is 0 Å². The number of aryl methyl sites for hydroxylation is 1. The SMILES string of the molecule is Cc1cc(Nc2cc(C3CCOC3)nc(N(C)[C@H]3C[C@H]4CCC[C@@H](C3)N4C(=O)CC3CC3)n2)n[nH]1. The molecule has 6 rings (SSSR count). The third-order valence-corrected chi connectivity index (χ3v) is 8.31. The van der Waals surface area contributed by atoms with Crippen molar-refractivity contribution in [2.24, 2.45) is 5.92 Å². The summed E-state index contributed by atoms with van der Waals surface area (Å²) < 4.78 is 5.66. The van der Waals surface area contributed by atoms with Crippen molar-refractivity contribution < 1.29 is 9.53 Å². The number of H-pyrrole nitrogens is 1. The third kappa shape index (κ3) is 4.87. The Balaban J connectivity index is 1.23. The molecule has 2 aromatic heterocycles. The van der Waals surface area contributed by atoms with Crippen LogP contribution in [0.25, 0.3) is 0 Å². The van der Waals surface area contributed by atoms with Crippen LogP contribution in [0.5, 0.6) is 0 Å². The fourth-order valence-electron chi connectivity index (χ4n) is 6.18. The fraction of sp³-hybridized carbons (Fsp3) is 0.692. The molecule has 4 aliphatic rings. The highest BCUT2D eigenvalue weighted by Gasteiger charge is 2.43. The molecule has 2 N–H and O–H groups in total. The molecule has 1 amide bonds. The molecular weight excluding hydrogens is 442 g/mol. The maximum Gasteiger partial charge on any atom is 0.227 e. The van der Waals surface area contributed by atoms with E-state index in [9.17, 15) is 4.79 Å². The zero-order valence-electron chi connectivity index (χ0n) is 20.9. The van der Waals surface area contributed by atoms with Gasteiger partial charge in [-0.2, -0.15) is 10.1 Å². The highest BCUT2D eigenvalue weighted by molar-refractivity contribution is 5.77. The van der Waals surface area contributed by atoms with Crippen molar-refractivity contribution >= 4 is 23.5 Å². The number of ether oxygens (including phenoxy) is 1. The summed E-state index contributed by atoms with van der Waals surface area (Å²) >= 11 is 0. The van der Waals surface area contributed by atoms with Crippen LogP contribution in [0, 0.1) is 12.8 Å². The Labute approximate surface area is 207 Å². The van der Waals surface area contributed by atoms with E-state index in [0.29, 0.717) is 36.6 Å². The molecule has 35 heavy (non-hydrogen) atoms. The summed E-state index contributed by atoms with van der Waals surface area (Å²) in [6.07, 6.45) is 9.63. The molecule has 1 saturated carbocycles. The van der Waals surface area contributed by atoms with Crippen LogP contribution < -0.4 is 10.2 Å². The Morgan fingerprint density at radius 3 is 2.60 bits per heavy atom. The molecule has 0 spiro atoms. The maximum atomic E-state index is 13.1. The summed E-state index contributed by atoms with van der Waals surface area (Å²) in [4.78, 5) is 27.5. The number of nitrogens with zero attached hydrogens (tertiary/aromatic N) is 5. The van der Waals surface area contributed by atoms with Gasteiger partial charge in [0.05, 0.1) is 12.3 Å². The van der Waals surface area contributed by atoms with Gasteiger partial charge in [0.25, 0.3) is 0 Å². The van der Waals surface area contributed by atoms with E-state index in [4.69, 9.17) is 14.7 Å². The average molecular weight is 480 g/mol. The molecule has 5 heterocycles. The second-order valence-corrected chi connectivity index (χ2v) is 11.0. The summed E-state index contributed by atoms with van der Waals surface area (Å²) in [6, 6.07) is 5.02. The summed E-state index contributed by atoms with van der Waals surface area (Å²) in [5.41, 5.74) is 2.02. The molecule has 4 atom stereocenters. The van der Waals surface area contributed by atoms with E-state index in [1.165, 1.54) is 19.3 Å². The van der Waals surface area contributed by atoms with E-state index in [1.54, 1.807) is 0 Å². The fourth-order valence-corrected chi connectivity index (χ4v) is 6.18. The van der Waals surface area contributed by atoms with Gasteiger partial charge in [-0.05, 0) is 64.2 Å². The molecule has 2 bridgehead atoms. The highest BCUT2D eigenvalue weighted by atomic mass is 16.5. The molecule has 3 aliphatic heterocycles. The van der Waals surface area contributed by atoms with Crippen LogP contribution in [0.2, 0.25) is 0 Å². The van der Waals surface area contributed by atoms with Crippen LogP contribution in [0.15, 0.2) is 12.1 Å². The van der Waals surface area contributed by atoms with Crippen LogP contribution in [0.3, 0.4) is 0 Å². The molecule has 0 radical (unpaired) electrons. The van der Waals surface area contributed by atoms with Crippen LogP contribution in [-0.4, -0.2) is 69.4 Å². The largest absolute Gasteiger partial charge is 0.381 e. The van der Waals surface area contributed by atoms with E-state index in [-0.39, 0.29) is 5.92 Å². The molecule has 9 heteroatoms. The van der Waals surface area contributed by atoms with Gasteiger partial charge in [-0.15, -0.1) is 0 Å². The zero-order chi connectivity index (χ0) is 23.9. The Morgan fingerprint density at radius 2 is 1.94 bits per heavy atom. The number of hydrogen-bond donors (Lipinski definition) is 2. The Bertz CT molecular complexity index is 1050. The van der Waals surface area contributed by atoms with E-state index in [0.717, 1.165) is 74.1 Å². The molecule has 9 nitrogen and oxygen atoms in total. The Hall–Kier alpha value is -2.68. The van der Waals surface area contributed by atoms with E-state index in [1.807, 2.05) is 19.1 Å². The summed E-state index contributed by atoms with van der Waals surface area (Å²) in [7, 11) is 2.12. The Morgan fingerprint density at radius 1 is 1.14 bits per heavy atom. The minimum absolute atomic E-state index is 0.285. The molecule has 2 aromatic rings. The lowest BCUT2D eigenvalue weighted by Crippen LogP contribution is -2.58. The molecule has 0 aromatic carbocycles. The standard InChI is InChI=1S/C26H37N7O2/c1-16-10-24(31-30-16)28-23-14-22(18-8-9-35-15-18)27-26(29-23)32(2)21-12-19-4-3-5-20(13-21)33(19)25(34)11-17-6-7-17/h10,14,17-21H,3-9,11-13,15H2,1-2H3,(H2,27,28,29,30,31)/t18?,19-,20+,21+. The number of piperidine rings is 2. The lowest BCUT2D eigenvalue weighted by Gasteiger charge is -2.50. The number of carbonyl (C=O) groups excluding carboxylic acids is 1.